The van der Waals surface area contributed by atoms with E-state index in [0.29, 0.717) is 31.6 Å². The maximum Gasteiger partial charge on any atom is 0.356 e. The second-order valence-electron chi connectivity index (χ2n) is 4.15. The summed E-state index contributed by atoms with van der Waals surface area (Å²) >= 11 is 0. The maximum absolute atomic E-state index is 11.6. The Bertz CT molecular complexity index is 454. The van der Waals surface area contributed by atoms with Crippen molar-refractivity contribution >= 4 is 11.8 Å². The molecule has 0 atom stereocenters. The fraction of sp³-hybridized carbons (Fsp3) is 0.462. The molecular weight excluding hydrogens is 218 g/mol. The van der Waals surface area contributed by atoms with E-state index in [4.69, 9.17) is 4.74 Å². The van der Waals surface area contributed by atoms with Crippen LogP contribution >= 0.6 is 0 Å². The molecule has 0 N–H and O–H groups in total. The molecule has 4 nitrogen and oxygen atoms in total. The molecule has 17 heavy (non-hydrogen) atoms. The molecule has 1 aliphatic carbocycles. The number of ether oxygens (including phenoxy) is 1. The lowest BCUT2D eigenvalue weighted by atomic mass is 9.95. The normalized spacial score (nSPS) is 14.3. The molecule has 4 heteroatoms. The van der Waals surface area contributed by atoms with Crippen molar-refractivity contribution in [1.82, 2.24) is 4.98 Å². The van der Waals surface area contributed by atoms with Crippen LogP contribution in [0.4, 0.5) is 0 Å². The number of Topliss-reactive ketones (excluding diaryl/α,β-unsaturated/α-hetero) is 1. The van der Waals surface area contributed by atoms with E-state index in [1.54, 1.807) is 6.07 Å². The Morgan fingerprint density at radius 1 is 1.41 bits per heavy atom. The zero-order valence-corrected chi connectivity index (χ0v) is 9.86. The molecule has 2 rings (SSSR count). The fourth-order valence-corrected chi connectivity index (χ4v) is 1.85. The number of aromatic nitrogens is 1. The molecule has 0 amide bonds. The van der Waals surface area contributed by atoms with Crippen LogP contribution in [0.15, 0.2) is 12.1 Å². The number of aryl methyl sites for hydroxylation is 1. The van der Waals surface area contributed by atoms with Crippen LogP contribution in [-0.4, -0.2) is 23.3 Å². The van der Waals surface area contributed by atoms with E-state index in [2.05, 4.69) is 4.98 Å². The molecule has 1 aromatic rings. The minimum absolute atomic E-state index is 0.237. The number of rotatable bonds is 3. The largest absolute Gasteiger partial charge is 0.461 e. The van der Waals surface area contributed by atoms with Gasteiger partial charge in [-0.1, -0.05) is 13.0 Å². The fourth-order valence-electron chi connectivity index (χ4n) is 1.85. The number of hydrogen-bond donors (Lipinski definition) is 0. The van der Waals surface area contributed by atoms with Crippen molar-refractivity contribution in [2.45, 2.75) is 32.6 Å². The molecule has 0 fully saturated rings. The topological polar surface area (TPSA) is 56.3 Å². The van der Waals surface area contributed by atoms with E-state index >= 15 is 0 Å². The number of esters is 1. The number of carbonyl (C=O) groups excluding carboxylic acids is 2. The van der Waals surface area contributed by atoms with Gasteiger partial charge in [-0.05, 0) is 24.5 Å². The first-order valence-corrected chi connectivity index (χ1v) is 5.88. The molecule has 0 saturated carbocycles. The Morgan fingerprint density at radius 3 is 3.00 bits per heavy atom. The highest BCUT2D eigenvalue weighted by Crippen LogP contribution is 2.17. The Kier molecular flexibility index (Phi) is 3.52. The monoisotopic (exact) mass is 233 g/mol. The number of fused-ring (bicyclic) bond motifs is 1. The van der Waals surface area contributed by atoms with Crippen molar-refractivity contribution in [3.8, 4) is 0 Å². The second-order valence-corrected chi connectivity index (χ2v) is 4.15. The van der Waals surface area contributed by atoms with Crippen LogP contribution in [0.3, 0.4) is 0 Å². The first kappa shape index (κ1) is 11.8. The van der Waals surface area contributed by atoms with Gasteiger partial charge in [-0.3, -0.25) is 4.79 Å². The van der Waals surface area contributed by atoms with Crippen molar-refractivity contribution in [3.05, 3.63) is 29.1 Å². The highest BCUT2D eigenvalue weighted by atomic mass is 16.5. The predicted octanol–water partition coefficient (Wildman–Crippen LogP) is 1.71. The minimum Gasteiger partial charge on any atom is -0.461 e. The van der Waals surface area contributed by atoms with Gasteiger partial charge in [-0.2, -0.15) is 0 Å². The van der Waals surface area contributed by atoms with Crippen LogP contribution in [-0.2, 0) is 22.4 Å². The number of ketones is 1. The molecule has 0 bridgehead atoms. The minimum atomic E-state index is -0.383. The van der Waals surface area contributed by atoms with E-state index in [1.165, 1.54) is 0 Å². The smallest absolute Gasteiger partial charge is 0.356 e. The van der Waals surface area contributed by atoms with Crippen LogP contribution < -0.4 is 0 Å². The number of nitrogens with zero attached hydrogens (tertiary/aromatic N) is 1. The van der Waals surface area contributed by atoms with Gasteiger partial charge in [0.15, 0.2) is 0 Å². The average Bonchev–Trinajstić information content (AvgIpc) is 2.35. The Labute approximate surface area is 100 Å². The van der Waals surface area contributed by atoms with Gasteiger partial charge in [0, 0.05) is 18.5 Å². The summed E-state index contributed by atoms with van der Waals surface area (Å²) < 4.78 is 5.02. The van der Waals surface area contributed by atoms with Crippen LogP contribution in [0.1, 0.15) is 41.5 Å². The molecule has 0 saturated heterocycles. The Morgan fingerprint density at radius 2 is 2.24 bits per heavy atom. The quantitative estimate of drug-likeness (QED) is 0.746. The summed E-state index contributed by atoms with van der Waals surface area (Å²) in [5.74, 6) is -0.146. The van der Waals surface area contributed by atoms with Crippen LogP contribution in [0.25, 0.3) is 0 Å². The SMILES string of the molecule is CCCOC(=O)c1ccc2c(n1)CCC(=O)C2. The highest BCUT2D eigenvalue weighted by Gasteiger charge is 2.19. The third-order valence-corrected chi connectivity index (χ3v) is 2.74. The zero-order chi connectivity index (χ0) is 12.3. The van der Waals surface area contributed by atoms with Crippen molar-refractivity contribution in [2.24, 2.45) is 0 Å². The number of carbonyl (C=O) groups is 2. The summed E-state index contributed by atoms with van der Waals surface area (Å²) in [6, 6.07) is 3.44. The molecule has 1 aliphatic rings. The summed E-state index contributed by atoms with van der Waals surface area (Å²) in [5, 5.41) is 0. The molecule has 1 aromatic heterocycles. The van der Waals surface area contributed by atoms with Crippen molar-refractivity contribution in [1.29, 1.82) is 0 Å². The first-order chi connectivity index (χ1) is 8.20. The number of pyridine rings is 1. The van der Waals surface area contributed by atoms with Gasteiger partial charge in [0.25, 0.3) is 0 Å². The van der Waals surface area contributed by atoms with E-state index in [0.717, 1.165) is 17.7 Å². The van der Waals surface area contributed by atoms with Gasteiger partial charge in [-0.15, -0.1) is 0 Å². The van der Waals surface area contributed by atoms with Gasteiger partial charge in [0.1, 0.15) is 11.5 Å². The van der Waals surface area contributed by atoms with Gasteiger partial charge in [-0.25, -0.2) is 9.78 Å². The number of hydrogen-bond acceptors (Lipinski definition) is 4. The van der Waals surface area contributed by atoms with Gasteiger partial charge < -0.3 is 4.74 Å². The van der Waals surface area contributed by atoms with E-state index in [1.807, 2.05) is 13.0 Å². The first-order valence-electron chi connectivity index (χ1n) is 5.88. The molecule has 0 unspecified atom stereocenters. The molecule has 90 valence electrons. The molecule has 0 spiro atoms. The highest BCUT2D eigenvalue weighted by molar-refractivity contribution is 5.88. The molecule has 1 heterocycles. The third-order valence-electron chi connectivity index (χ3n) is 2.74. The Hall–Kier alpha value is -1.71. The van der Waals surface area contributed by atoms with Crippen LogP contribution in [0.2, 0.25) is 0 Å². The Balaban J connectivity index is 2.16. The van der Waals surface area contributed by atoms with Crippen molar-refractivity contribution in [2.75, 3.05) is 6.61 Å². The summed E-state index contributed by atoms with van der Waals surface area (Å²) in [6.45, 7) is 2.36. The van der Waals surface area contributed by atoms with Gasteiger partial charge in [0.2, 0.25) is 0 Å². The second kappa shape index (κ2) is 5.08. The van der Waals surface area contributed by atoms with Crippen molar-refractivity contribution in [3.63, 3.8) is 0 Å². The zero-order valence-electron chi connectivity index (χ0n) is 9.86. The van der Waals surface area contributed by atoms with Crippen molar-refractivity contribution < 1.29 is 14.3 Å². The van der Waals surface area contributed by atoms with E-state index in [9.17, 15) is 9.59 Å². The summed E-state index contributed by atoms with van der Waals surface area (Å²) in [7, 11) is 0. The van der Waals surface area contributed by atoms with E-state index < -0.39 is 0 Å². The predicted molar refractivity (Wildman–Crippen MR) is 61.8 cm³/mol. The average molecular weight is 233 g/mol. The lowest BCUT2D eigenvalue weighted by Gasteiger charge is -2.14. The van der Waals surface area contributed by atoms with Gasteiger partial charge in [0.05, 0.1) is 6.61 Å². The molecule has 0 radical (unpaired) electrons. The maximum atomic E-state index is 11.6. The summed E-state index contributed by atoms with van der Waals surface area (Å²) in [4.78, 5) is 27.1. The van der Waals surface area contributed by atoms with E-state index in [-0.39, 0.29) is 11.8 Å². The molecule has 0 aliphatic heterocycles. The van der Waals surface area contributed by atoms with Crippen LogP contribution in [0.5, 0.6) is 0 Å². The summed E-state index contributed by atoms with van der Waals surface area (Å²) in [6.07, 6.45) is 2.38. The third kappa shape index (κ3) is 2.70. The molecule has 0 aromatic carbocycles. The lowest BCUT2D eigenvalue weighted by molar-refractivity contribution is -0.118. The van der Waals surface area contributed by atoms with Gasteiger partial charge >= 0.3 is 5.97 Å². The summed E-state index contributed by atoms with van der Waals surface area (Å²) in [5.41, 5.74) is 2.13. The molecular formula is C13H15NO3. The standard InChI is InChI=1S/C13H15NO3/c1-2-7-17-13(16)12-5-3-9-8-10(15)4-6-11(9)14-12/h3,5H,2,4,6-8H2,1H3. The lowest BCUT2D eigenvalue weighted by Crippen LogP contribution is -2.17. The van der Waals surface area contributed by atoms with Crippen LogP contribution in [0, 0.1) is 0 Å².